The van der Waals surface area contributed by atoms with Gasteiger partial charge in [-0.25, -0.2) is 0 Å². The van der Waals surface area contributed by atoms with E-state index in [9.17, 15) is 4.79 Å². The van der Waals surface area contributed by atoms with Gasteiger partial charge in [-0.15, -0.1) is 0 Å². The van der Waals surface area contributed by atoms with Crippen molar-refractivity contribution >= 4 is 5.97 Å². The smallest absolute Gasteiger partial charge is 0.303 e. The van der Waals surface area contributed by atoms with Crippen LogP contribution in [0.5, 0.6) is 0 Å². The Balaban J connectivity index is 0.0000001000. The van der Waals surface area contributed by atoms with Gasteiger partial charge in [-0.2, -0.15) is 0 Å². The molecule has 0 amide bonds. The van der Waals surface area contributed by atoms with E-state index >= 15 is 0 Å². The van der Waals surface area contributed by atoms with Crippen LogP contribution in [0.25, 0.3) is 0 Å². The van der Waals surface area contributed by atoms with E-state index in [1.54, 1.807) is 26.2 Å². The molecule has 2 fully saturated rings. The predicted octanol–water partition coefficient (Wildman–Crippen LogP) is 1.90. The number of hydrogen-bond donors (Lipinski definition) is 1. The second-order valence-corrected chi connectivity index (χ2v) is 3.08. The largest absolute Gasteiger partial charge is 0.481 e. The zero-order valence-corrected chi connectivity index (χ0v) is 6.34. The van der Waals surface area contributed by atoms with E-state index in [1.807, 2.05) is 0 Å². The maximum Gasteiger partial charge on any atom is 0.303 e. The normalized spacial score (nSPS) is 32.5. The van der Waals surface area contributed by atoms with Gasteiger partial charge in [-0.05, 0) is 31.1 Å². The fraction of sp³-hybridized carbons (Fsp3) is 0.875. The van der Waals surface area contributed by atoms with E-state index in [0.717, 1.165) is 0 Å². The molecule has 2 unspecified atom stereocenters. The fourth-order valence-electron chi connectivity index (χ4n) is 1.18. The van der Waals surface area contributed by atoms with Gasteiger partial charge in [0, 0.05) is 6.42 Å². The van der Waals surface area contributed by atoms with Gasteiger partial charge in [-0.3, -0.25) is 4.79 Å². The molecule has 0 saturated heterocycles. The molecule has 0 aromatic rings. The fourth-order valence-corrected chi connectivity index (χ4v) is 1.18. The molecule has 2 nitrogen and oxygen atoms in total. The van der Waals surface area contributed by atoms with E-state index in [0.29, 0.717) is 0 Å². The van der Waals surface area contributed by atoms with Crippen molar-refractivity contribution < 1.29 is 9.90 Å². The van der Waals surface area contributed by atoms with Crippen LogP contribution in [-0.4, -0.2) is 11.1 Å². The molecular formula is C8H14O2. The predicted molar refractivity (Wildman–Crippen MR) is 38.8 cm³/mol. The van der Waals surface area contributed by atoms with Crippen molar-refractivity contribution in [1.29, 1.82) is 0 Å². The average Bonchev–Trinajstić information content (AvgIpc) is 2.41. The summed E-state index contributed by atoms with van der Waals surface area (Å²) < 4.78 is 0. The lowest BCUT2D eigenvalue weighted by Crippen LogP contribution is -1.93. The van der Waals surface area contributed by atoms with Crippen LogP contribution < -0.4 is 0 Å². The Morgan fingerprint density at radius 2 is 1.90 bits per heavy atom. The minimum Gasteiger partial charge on any atom is -0.481 e. The lowest BCUT2D eigenvalue weighted by atomic mass is 10.0. The number of carboxylic acid groups (broad SMARTS) is 1. The van der Waals surface area contributed by atoms with Gasteiger partial charge >= 0.3 is 5.97 Å². The SMILES string of the molecule is C1CC2CC12.CCC(=O)O. The third-order valence-corrected chi connectivity index (χ3v) is 2.28. The summed E-state index contributed by atoms with van der Waals surface area (Å²) in [5.41, 5.74) is 0. The number of hydrogen-bond acceptors (Lipinski definition) is 1. The molecule has 0 aromatic carbocycles. The number of carboxylic acids is 1. The molecule has 2 heteroatoms. The van der Waals surface area contributed by atoms with Crippen molar-refractivity contribution in [2.45, 2.75) is 32.6 Å². The molecule has 2 atom stereocenters. The van der Waals surface area contributed by atoms with Gasteiger partial charge in [0.1, 0.15) is 0 Å². The molecule has 10 heavy (non-hydrogen) atoms. The first-order valence-corrected chi connectivity index (χ1v) is 3.95. The Bertz CT molecular complexity index is 119. The van der Waals surface area contributed by atoms with Gasteiger partial charge in [0.25, 0.3) is 0 Å². The number of fused-ring (bicyclic) bond motifs is 1. The third kappa shape index (κ3) is 2.01. The molecular weight excluding hydrogens is 128 g/mol. The molecule has 2 aliphatic rings. The summed E-state index contributed by atoms with van der Waals surface area (Å²) in [6.07, 6.45) is 4.93. The highest BCUT2D eigenvalue weighted by molar-refractivity contribution is 5.66. The van der Waals surface area contributed by atoms with Gasteiger partial charge in [0.05, 0.1) is 0 Å². The van der Waals surface area contributed by atoms with Crippen molar-refractivity contribution in [1.82, 2.24) is 0 Å². The van der Waals surface area contributed by atoms with Gasteiger partial charge < -0.3 is 5.11 Å². The highest BCUT2D eigenvalue weighted by atomic mass is 16.4. The summed E-state index contributed by atoms with van der Waals surface area (Å²) in [5, 5.41) is 7.72. The number of rotatable bonds is 1. The van der Waals surface area contributed by atoms with Gasteiger partial charge in [0.15, 0.2) is 0 Å². The lowest BCUT2D eigenvalue weighted by molar-refractivity contribution is -0.136. The molecule has 2 saturated carbocycles. The first-order chi connectivity index (χ1) is 4.74. The number of aliphatic carboxylic acids is 1. The summed E-state index contributed by atoms with van der Waals surface area (Å²) >= 11 is 0. The summed E-state index contributed by atoms with van der Waals surface area (Å²) in [4.78, 5) is 9.37. The Kier molecular flexibility index (Phi) is 2.30. The monoisotopic (exact) mass is 142 g/mol. The summed E-state index contributed by atoms with van der Waals surface area (Å²) in [5.74, 6) is 1.72. The van der Waals surface area contributed by atoms with Crippen molar-refractivity contribution in [3.05, 3.63) is 0 Å². The molecule has 1 N–H and O–H groups in total. The van der Waals surface area contributed by atoms with Crippen molar-refractivity contribution in [3.63, 3.8) is 0 Å². The van der Waals surface area contributed by atoms with Crippen molar-refractivity contribution in [2.24, 2.45) is 11.8 Å². The van der Waals surface area contributed by atoms with E-state index in [1.165, 1.54) is 11.8 Å². The lowest BCUT2D eigenvalue weighted by Gasteiger charge is -2.04. The molecule has 0 radical (unpaired) electrons. The average molecular weight is 142 g/mol. The van der Waals surface area contributed by atoms with Crippen LogP contribution in [0.3, 0.4) is 0 Å². The molecule has 58 valence electrons. The molecule has 0 heterocycles. The first kappa shape index (κ1) is 7.58. The molecule has 0 spiro atoms. The van der Waals surface area contributed by atoms with E-state index in [2.05, 4.69) is 0 Å². The summed E-state index contributed by atoms with van der Waals surface area (Å²) in [7, 11) is 0. The Morgan fingerprint density at radius 1 is 1.50 bits per heavy atom. The van der Waals surface area contributed by atoms with Crippen LogP contribution in [0.2, 0.25) is 0 Å². The van der Waals surface area contributed by atoms with E-state index in [4.69, 9.17) is 5.11 Å². The topological polar surface area (TPSA) is 37.3 Å². The number of carbonyl (C=O) groups is 1. The molecule has 0 bridgehead atoms. The quantitative estimate of drug-likeness (QED) is 0.607. The van der Waals surface area contributed by atoms with Crippen LogP contribution in [0.1, 0.15) is 32.6 Å². The van der Waals surface area contributed by atoms with Crippen molar-refractivity contribution in [2.75, 3.05) is 0 Å². The highest BCUT2D eigenvalue weighted by Crippen LogP contribution is 2.55. The molecule has 0 aliphatic heterocycles. The highest BCUT2D eigenvalue weighted by Gasteiger charge is 2.44. The minimum atomic E-state index is -0.745. The summed E-state index contributed by atoms with van der Waals surface area (Å²) in [6.45, 7) is 1.60. The van der Waals surface area contributed by atoms with Crippen LogP contribution >= 0.6 is 0 Å². The van der Waals surface area contributed by atoms with Gasteiger partial charge in [-0.1, -0.05) is 6.92 Å². The standard InChI is InChI=1S/C5H8.C3H6O2/c1-2-5-3-4(1)5;1-2-3(4)5/h4-5H,1-3H2;2H2,1H3,(H,4,5). The van der Waals surface area contributed by atoms with E-state index in [-0.39, 0.29) is 6.42 Å². The van der Waals surface area contributed by atoms with Crippen LogP contribution in [0.4, 0.5) is 0 Å². The first-order valence-electron chi connectivity index (χ1n) is 3.95. The second-order valence-electron chi connectivity index (χ2n) is 3.08. The Hall–Kier alpha value is -0.530. The molecule has 0 aromatic heterocycles. The molecule has 2 aliphatic carbocycles. The van der Waals surface area contributed by atoms with E-state index < -0.39 is 5.97 Å². The van der Waals surface area contributed by atoms with Crippen LogP contribution in [0, 0.1) is 11.8 Å². The zero-order chi connectivity index (χ0) is 7.56. The second kappa shape index (κ2) is 3.04. The maximum atomic E-state index is 9.37. The maximum absolute atomic E-state index is 9.37. The van der Waals surface area contributed by atoms with Crippen molar-refractivity contribution in [3.8, 4) is 0 Å². The molecule has 2 rings (SSSR count). The third-order valence-electron chi connectivity index (χ3n) is 2.28. The minimum absolute atomic E-state index is 0.222. The zero-order valence-electron chi connectivity index (χ0n) is 6.34. The van der Waals surface area contributed by atoms with Gasteiger partial charge in [0.2, 0.25) is 0 Å². The Morgan fingerprint density at radius 3 is 1.90 bits per heavy atom. The van der Waals surface area contributed by atoms with Crippen LogP contribution in [-0.2, 0) is 4.79 Å². The summed E-state index contributed by atoms with van der Waals surface area (Å²) in [6, 6.07) is 0. The van der Waals surface area contributed by atoms with Crippen LogP contribution in [0.15, 0.2) is 0 Å². The Labute approximate surface area is 61.2 Å².